The Morgan fingerprint density at radius 1 is 1.27 bits per heavy atom. The number of hydrogen-bond donors (Lipinski definition) is 2. The number of aliphatic imine (C=N–C) groups is 1. The first-order valence-electron chi connectivity index (χ1n) is 9.72. The van der Waals surface area contributed by atoms with Crippen molar-refractivity contribution in [3.05, 3.63) is 23.8 Å². The minimum absolute atomic E-state index is 0.510. The van der Waals surface area contributed by atoms with Gasteiger partial charge in [-0.1, -0.05) is 26.3 Å². The summed E-state index contributed by atoms with van der Waals surface area (Å²) < 4.78 is 11.4. The number of ether oxygens (including phenoxy) is 2. The van der Waals surface area contributed by atoms with Crippen LogP contribution in [0.1, 0.15) is 38.7 Å². The van der Waals surface area contributed by atoms with Crippen LogP contribution in [-0.4, -0.2) is 50.8 Å². The van der Waals surface area contributed by atoms with Crippen molar-refractivity contribution in [1.29, 1.82) is 0 Å². The highest BCUT2D eigenvalue weighted by molar-refractivity contribution is 5.77. The second kappa shape index (κ2) is 10.9. The first-order chi connectivity index (χ1) is 12.7. The third kappa shape index (κ3) is 6.41. The molecule has 0 radical (unpaired) electrons. The van der Waals surface area contributed by atoms with E-state index in [4.69, 9.17) is 15.2 Å². The van der Waals surface area contributed by atoms with Crippen LogP contribution in [0.2, 0.25) is 0 Å². The largest absolute Gasteiger partial charge is 0.493 e. The van der Waals surface area contributed by atoms with Crippen LogP contribution >= 0.6 is 0 Å². The van der Waals surface area contributed by atoms with Crippen molar-refractivity contribution in [1.82, 2.24) is 10.2 Å². The molecule has 1 saturated carbocycles. The van der Waals surface area contributed by atoms with E-state index < -0.39 is 0 Å². The van der Waals surface area contributed by atoms with E-state index in [0.29, 0.717) is 19.1 Å². The molecule has 1 aromatic carbocycles. The molecule has 3 N–H and O–H groups in total. The molecule has 0 unspecified atom stereocenters. The average Bonchev–Trinajstić information content (AvgIpc) is 2.62. The Balaban J connectivity index is 1.84. The Morgan fingerprint density at radius 3 is 2.65 bits per heavy atom. The molecule has 1 aliphatic carbocycles. The third-order valence-electron chi connectivity index (χ3n) is 5.02. The normalized spacial score (nSPS) is 15.0. The van der Waals surface area contributed by atoms with Gasteiger partial charge in [0.1, 0.15) is 6.61 Å². The predicted molar refractivity (Wildman–Crippen MR) is 107 cm³/mol. The van der Waals surface area contributed by atoms with Gasteiger partial charge in [0.2, 0.25) is 0 Å². The fourth-order valence-electron chi connectivity index (χ4n) is 2.93. The van der Waals surface area contributed by atoms with Gasteiger partial charge in [-0.3, -0.25) is 0 Å². The lowest BCUT2D eigenvalue weighted by atomic mass is 9.85. The van der Waals surface area contributed by atoms with Crippen molar-refractivity contribution in [3.8, 4) is 11.5 Å². The maximum Gasteiger partial charge on any atom is 0.188 e. The number of benzene rings is 1. The van der Waals surface area contributed by atoms with Crippen molar-refractivity contribution in [3.63, 3.8) is 0 Å². The van der Waals surface area contributed by atoms with Gasteiger partial charge in [0.25, 0.3) is 0 Å². The third-order valence-corrected chi connectivity index (χ3v) is 5.02. The lowest BCUT2D eigenvalue weighted by molar-refractivity contribution is 0.217. The minimum atomic E-state index is 0.510. The van der Waals surface area contributed by atoms with Crippen molar-refractivity contribution in [2.75, 3.05) is 39.9 Å². The first-order valence-corrected chi connectivity index (χ1v) is 9.72. The lowest BCUT2D eigenvalue weighted by Crippen LogP contribution is -2.37. The molecule has 0 amide bonds. The van der Waals surface area contributed by atoms with Crippen molar-refractivity contribution < 1.29 is 9.47 Å². The fraction of sp³-hybridized carbons (Fsp3) is 0.650. The van der Waals surface area contributed by atoms with Gasteiger partial charge in [-0.25, -0.2) is 4.99 Å². The SMILES string of the molecule is CCN(CC)CCOc1ccc(CN=C(N)NCC2CCC2)cc1OC. The number of hydrogen-bond acceptors (Lipinski definition) is 4. The Hall–Kier alpha value is -1.95. The maximum atomic E-state index is 5.95. The van der Waals surface area contributed by atoms with Crippen LogP contribution in [0.3, 0.4) is 0 Å². The predicted octanol–water partition coefficient (Wildman–Crippen LogP) is 2.62. The van der Waals surface area contributed by atoms with E-state index in [-0.39, 0.29) is 0 Å². The van der Waals surface area contributed by atoms with Crippen LogP contribution in [-0.2, 0) is 6.54 Å². The first kappa shape index (κ1) is 20.4. The summed E-state index contributed by atoms with van der Waals surface area (Å²) in [5, 5.41) is 3.21. The van der Waals surface area contributed by atoms with E-state index in [1.165, 1.54) is 19.3 Å². The highest BCUT2D eigenvalue weighted by Crippen LogP contribution is 2.28. The number of nitrogens with two attached hydrogens (primary N) is 1. The highest BCUT2D eigenvalue weighted by atomic mass is 16.5. The number of likely N-dealkylation sites (N-methyl/N-ethyl adjacent to an activating group) is 1. The van der Waals surface area contributed by atoms with E-state index in [1.807, 2.05) is 18.2 Å². The highest BCUT2D eigenvalue weighted by Gasteiger charge is 2.16. The summed E-state index contributed by atoms with van der Waals surface area (Å²) >= 11 is 0. The zero-order chi connectivity index (χ0) is 18.8. The van der Waals surface area contributed by atoms with Crippen molar-refractivity contribution in [2.45, 2.75) is 39.7 Å². The van der Waals surface area contributed by atoms with E-state index in [2.05, 4.69) is 29.1 Å². The summed E-state index contributed by atoms with van der Waals surface area (Å²) in [6.07, 6.45) is 3.94. The van der Waals surface area contributed by atoms with E-state index in [1.54, 1.807) is 7.11 Å². The quantitative estimate of drug-likeness (QED) is 0.468. The van der Waals surface area contributed by atoms with Gasteiger partial charge in [0.05, 0.1) is 13.7 Å². The van der Waals surface area contributed by atoms with Crippen LogP contribution in [0.25, 0.3) is 0 Å². The molecule has 0 aromatic heterocycles. The molecule has 1 aromatic rings. The standard InChI is InChI=1S/C20H34N4O2/c1-4-24(5-2)11-12-26-18-10-9-17(13-19(18)25-3)15-23-20(21)22-14-16-7-6-8-16/h9-10,13,16H,4-8,11-12,14-15H2,1-3H3,(H3,21,22,23). The summed E-state index contributed by atoms with van der Waals surface area (Å²) in [5.74, 6) is 2.77. The molecule has 0 spiro atoms. The molecule has 0 aliphatic heterocycles. The minimum Gasteiger partial charge on any atom is -0.493 e. The Bertz CT molecular complexity index is 569. The van der Waals surface area contributed by atoms with Crippen LogP contribution in [0.5, 0.6) is 11.5 Å². The van der Waals surface area contributed by atoms with E-state index in [0.717, 1.165) is 49.2 Å². The summed E-state index contributed by atoms with van der Waals surface area (Å²) in [6, 6.07) is 5.93. The van der Waals surface area contributed by atoms with Gasteiger partial charge >= 0.3 is 0 Å². The number of nitrogens with one attached hydrogen (secondary N) is 1. The summed E-state index contributed by atoms with van der Waals surface area (Å²) in [4.78, 5) is 6.75. The number of guanidine groups is 1. The van der Waals surface area contributed by atoms with Crippen LogP contribution in [0, 0.1) is 5.92 Å². The second-order valence-electron chi connectivity index (χ2n) is 6.74. The Kier molecular flexibility index (Phi) is 8.54. The van der Waals surface area contributed by atoms with Crippen LogP contribution in [0.4, 0.5) is 0 Å². The zero-order valence-electron chi connectivity index (χ0n) is 16.5. The topological polar surface area (TPSA) is 72.1 Å². The molecule has 1 aliphatic rings. The van der Waals surface area contributed by atoms with E-state index in [9.17, 15) is 0 Å². The molecular weight excluding hydrogens is 328 g/mol. The molecule has 0 heterocycles. The molecule has 0 atom stereocenters. The monoisotopic (exact) mass is 362 g/mol. The van der Waals surface area contributed by atoms with Crippen molar-refractivity contribution >= 4 is 5.96 Å². The van der Waals surface area contributed by atoms with Gasteiger partial charge in [0.15, 0.2) is 17.5 Å². The van der Waals surface area contributed by atoms with Crippen LogP contribution in [0.15, 0.2) is 23.2 Å². The molecule has 146 valence electrons. The molecule has 0 bridgehead atoms. The Labute approximate surface area is 157 Å². The average molecular weight is 363 g/mol. The molecule has 0 saturated heterocycles. The fourth-order valence-corrected chi connectivity index (χ4v) is 2.93. The maximum absolute atomic E-state index is 5.95. The van der Waals surface area contributed by atoms with E-state index >= 15 is 0 Å². The second-order valence-corrected chi connectivity index (χ2v) is 6.74. The van der Waals surface area contributed by atoms with Gasteiger partial charge in [-0.15, -0.1) is 0 Å². The van der Waals surface area contributed by atoms with Gasteiger partial charge in [0, 0.05) is 13.1 Å². The molecule has 6 heteroatoms. The summed E-state index contributed by atoms with van der Waals surface area (Å²) in [5.41, 5.74) is 7.00. The van der Waals surface area contributed by atoms with Gasteiger partial charge < -0.3 is 25.4 Å². The van der Waals surface area contributed by atoms with Crippen LogP contribution < -0.4 is 20.5 Å². The number of rotatable bonds is 11. The summed E-state index contributed by atoms with van der Waals surface area (Å²) in [6.45, 7) is 9.39. The summed E-state index contributed by atoms with van der Waals surface area (Å²) in [7, 11) is 1.66. The van der Waals surface area contributed by atoms with Gasteiger partial charge in [-0.05, 0) is 49.5 Å². The van der Waals surface area contributed by atoms with Gasteiger partial charge in [-0.2, -0.15) is 0 Å². The molecule has 1 fully saturated rings. The molecule has 2 rings (SSSR count). The molecular formula is C20H34N4O2. The van der Waals surface area contributed by atoms with Crippen molar-refractivity contribution in [2.24, 2.45) is 16.6 Å². The number of methoxy groups -OCH3 is 1. The zero-order valence-corrected chi connectivity index (χ0v) is 16.5. The molecule has 26 heavy (non-hydrogen) atoms. The number of nitrogens with zero attached hydrogens (tertiary/aromatic N) is 2. The molecule has 6 nitrogen and oxygen atoms in total. The Morgan fingerprint density at radius 2 is 2.04 bits per heavy atom. The smallest absolute Gasteiger partial charge is 0.188 e. The lowest BCUT2D eigenvalue weighted by Gasteiger charge is -2.25.